The van der Waals surface area contributed by atoms with E-state index >= 15 is 0 Å². The lowest BCUT2D eigenvalue weighted by molar-refractivity contribution is -0.154. The average molecular weight is 359 g/mol. The summed E-state index contributed by atoms with van der Waals surface area (Å²) >= 11 is 0.955. The Bertz CT molecular complexity index is 627. The zero-order valence-electron chi connectivity index (χ0n) is 14.7. The molecule has 0 heterocycles. The summed E-state index contributed by atoms with van der Waals surface area (Å²) in [6.07, 6.45) is 0. The number of halogens is 2. The number of nitrogens with one attached hydrogen (secondary N) is 1. The van der Waals surface area contributed by atoms with Crippen LogP contribution in [0.4, 0.5) is 14.5 Å². The molecule has 0 radical (unpaired) electrons. The molecule has 1 aromatic carbocycles. The molecule has 24 heavy (non-hydrogen) atoms. The van der Waals surface area contributed by atoms with Crippen LogP contribution in [0.1, 0.15) is 41.5 Å². The molecule has 1 N–H and O–H groups in total. The van der Waals surface area contributed by atoms with Crippen molar-refractivity contribution in [3.8, 4) is 0 Å². The van der Waals surface area contributed by atoms with Gasteiger partial charge >= 0.3 is 5.97 Å². The Hall–Kier alpha value is -1.63. The summed E-state index contributed by atoms with van der Waals surface area (Å²) < 4.78 is 33.1. The largest absolute Gasteiger partial charge is 0.459 e. The van der Waals surface area contributed by atoms with Gasteiger partial charge < -0.3 is 10.1 Å². The first-order valence-electron chi connectivity index (χ1n) is 7.57. The van der Waals surface area contributed by atoms with Crippen molar-refractivity contribution < 1.29 is 23.1 Å². The van der Waals surface area contributed by atoms with Crippen molar-refractivity contribution >= 4 is 29.3 Å². The number of hydrogen-bond donors (Lipinski definition) is 1. The minimum absolute atomic E-state index is 0.0738. The molecule has 4 nitrogen and oxygen atoms in total. The number of thioether (sulfide) groups is 1. The number of hydrogen-bond acceptors (Lipinski definition) is 4. The number of carbonyl (C=O) groups excluding carboxylic acids is 2. The number of carbonyl (C=O) groups is 2. The van der Waals surface area contributed by atoms with Gasteiger partial charge in [-0.3, -0.25) is 9.59 Å². The van der Waals surface area contributed by atoms with Crippen LogP contribution in [0.3, 0.4) is 0 Å². The molecule has 0 aromatic heterocycles. The summed E-state index contributed by atoms with van der Waals surface area (Å²) in [5.74, 6) is -2.72. The van der Waals surface area contributed by atoms with Gasteiger partial charge in [0, 0.05) is 17.9 Å². The summed E-state index contributed by atoms with van der Waals surface area (Å²) in [4.78, 5) is 23.5. The third-order valence-electron chi connectivity index (χ3n) is 2.83. The minimum atomic E-state index is -0.870. The van der Waals surface area contributed by atoms with Crippen LogP contribution in [0.5, 0.6) is 0 Å². The van der Waals surface area contributed by atoms with E-state index in [9.17, 15) is 18.4 Å². The topological polar surface area (TPSA) is 55.4 Å². The second-order valence-electron chi connectivity index (χ2n) is 6.76. The Balaban J connectivity index is 3.10. The monoisotopic (exact) mass is 359 g/mol. The molecule has 0 spiro atoms. The van der Waals surface area contributed by atoms with Crippen LogP contribution in [0.25, 0.3) is 0 Å². The van der Waals surface area contributed by atoms with Crippen molar-refractivity contribution in [3.63, 3.8) is 0 Å². The van der Waals surface area contributed by atoms with Crippen LogP contribution in [-0.2, 0) is 14.3 Å². The molecular formula is C17H23F2NO3S. The van der Waals surface area contributed by atoms with Gasteiger partial charge in [-0.25, -0.2) is 8.78 Å². The fourth-order valence-electron chi connectivity index (χ4n) is 1.86. The molecule has 7 heteroatoms. The SMILES string of the molecule is CC(=O)Nc1cc(SC(C(=O)OC(C)(C)C)C(C)C)c(F)cc1F. The highest BCUT2D eigenvalue weighted by molar-refractivity contribution is 8.00. The van der Waals surface area contributed by atoms with E-state index in [0.717, 1.165) is 11.8 Å². The fourth-order valence-corrected chi connectivity index (χ4v) is 2.91. The Morgan fingerprint density at radius 2 is 1.75 bits per heavy atom. The highest BCUT2D eigenvalue weighted by atomic mass is 32.2. The second-order valence-corrected chi connectivity index (χ2v) is 7.94. The third-order valence-corrected chi connectivity index (χ3v) is 4.39. The summed E-state index contributed by atoms with van der Waals surface area (Å²) in [5, 5.41) is 1.64. The van der Waals surface area contributed by atoms with Gasteiger partial charge in [-0.05, 0) is 32.8 Å². The number of ether oxygens (including phenoxy) is 1. The fraction of sp³-hybridized carbons (Fsp3) is 0.529. The molecule has 0 fully saturated rings. The molecule has 1 amide bonds. The van der Waals surface area contributed by atoms with E-state index < -0.39 is 34.4 Å². The van der Waals surface area contributed by atoms with Crippen molar-refractivity contribution in [1.29, 1.82) is 0 Å². The Morgan fingerprint density at radius 1 is 1.17 bits per heavy atom. The molecule has 1 aromatic rings. The highest BCUT2D eigenvalue weighted by Crippen LogP contribution is 2.34. The Kier molecular flexibility index (Phi) is 6.77. The molecule has 1 atom stereocenters. The van der Waals surface area contributed by atoms with Crippen molar-refractivity contribution in [2.75, 3.05) is 5.32 Å². The van der Waals surface area contributed by atoms with E-state index in [1.807, 2.05) is 13.8 Å². The van der Waals surface area contributed by atoms with Gasteiger partial charge in [-0.1, -0.05) is 13.8 Å². The van der Waals surface area contributed by atoms with Gasteiger partial charge in [0.15, 0.2) is 0 Å². The number of benzene rings is 1. The van der Waals surface area contributed by atoms with Crippen LogP contribution in [-0.4, -0.2) is 22.7 Å². The van der Waals surface area contributed by atoms with Gasteiger partial charge in [0.1, 0.15) is 22.5 Å². The highest BCUT2D eigenvalue weighted by Gasteiger charge is 2.30. The summed E-state index contributed by atoms with van der Waals surface area (Å²) in [6, 6.07) is 1.89. The third kappa shape index (κ3) is 6.11. The van der Waals surface area contributed by atoms with E-state index in [2.05, 4.69) is 5.32 Å². The van der Waals surface area contributed by atoms with E-state index in [1.54, 1.807) is 20.8 Å². The van der Waals surface area contributed by atoms with E-state index in [-0.39, 0.29) is 16.5 Å². The zero-order chi connectivity index (χ0) is 18.7. The predicted molar refractivity (Wildman–Crippen MR) is 91.0 cm³/mol. The number of rotatable bonds is 5. The minimum Gasteiger partial charge on any atom is -0.459 e. The summed E-state index contributed by atoms with van der Waals surface area (Å²) in [5.41, 5.74) is -0.786. The van der Waals surface area contributed by atoms with Crippen LogP contribution in [0.15, 0.2) is 17.0 Å². The normalized spacial score (nSPS) is 12.9. The number of anilines is 1. The van der Waals surface area contributed by atoms with Gasteiger partial charge in [-0.2, -0.15) is 0 Å². The smallest absolute Gasteiger partial charge is 0.320 e. The summed E-state index contributed by atoms with van der Waals surface area (Å²) in [7, 11) is 0. The van der Waals surface area contributed by atoms with Gasteiger partial charge in [0.05, 0.1) is 5.69 Å². The molecule has 0 aliphatic rings. The molecule has 0 bridgehead atoms. The average Bonchev–Trinajstić information content (AvgIpc) is 2.37. The van der Waals surface area contributed by atoms with Crippen LogP contribution in [0, 0.1) is 17.6 Å². The van der Waals surface area contributed by atoms with Crippen molar-refractivity contribution in [1.82, 2.24) is 0 Å². The van der Waals surface area contributed by atoms with Crippen LogP contribution >= 0.6 is 11.8 Å². The quantitative estimate of drug-likeness (QED) is 0.626. The maximum atomic E-state index is 14.1. The lowest BCUT2D eigenvalue weighted by Crippen LogP contribution is -2.33. The van der Waals surface area contributed by atoms with E-state index in [0.29, 0.717) is 6.07 Å². The standard InChI is InChI=1S/C17H23F2NO3S/c1-9(2)15(16(22)23-17(4,5)6)24-14-8-13(20-10(3)21)11(18)7-12(14)19/h7-9,15H,1-6H3,(H,20,21). The first kappa shape index (κ1) is 20.4. The van der Waals surface area contributed by atoms with Crippen LogP contribution < -0.4 is 5.32 Å². The zero-order valence-corrected chi connectivity index (χ0v) is 15.5. The maximum absolute atomic E-state index is 14.1. The molecule has 0 saturated heterocycles. The molecule has 0 saturated carbocycles. The van der Waals surface area contributed by atoms with E-state index in [4.69, 9.17) is 4.74 Å². The first-order chi connectivity index (χ1) is 10.9. The van der Waals surface area contributed by atoms with Gasteiger partial charge in [0.25, 0.3) is 0 Å². The molecule has 1 unspecified atom stereocenters. The van der Waals surface area contributed by atoms with Crippen molar-refractivity contribution in [2.24, 2.45) is 5.92 Å². The lowest BCUT2D eigenvalue weighted by atomic mass is 10.1. The van der Waals surface area contributed by atoms with Crippen LogP contribution in [0.2, 0.25) is 0 Å². The molecular weight excluding hydrogens is 336 g/mol. The predicted octanol–water partition coefficient (Wildman–Crippen LogP) is 4.38. The maximum Gasteiger partial charge on any atom is 0.320 e. The summed E-state index contributed by atoms with van der Waals surface area (Å²) in [6.45, 7) is 10.1. The van der Waals surface area contributed by atoms with Crippen molar-refractivity contribution in [2.45, 2.75) is 57.3 Å². The number of esters is 1. The molecule has 134 valence electrons. The number of amides is 1. The lowest BCUT2D eigenvalue weighted by Gasteiger charge is -2.25. The Labute approximate surface area is 145 Å². The van der Waals surface area contributed by atoms with Crippen molar-refractivity contribution in [3.05, 3.63) is 23.8 Å². The first-order valence-corrected chi connectivity index (χ1v) is 8.45. The van der Waals surface area contributed by atoms with E-state index in [1.165, 1.54) is 13.0 Å². The molecule has 0 aliphatic carbocycles. The molecule has 1 rings (SSSR count). The Morgan fingerprint density at radius 3 is 2.21 bits per heavy atom. The second kappa shape index (κ2) is 7.96. The van der Waals surface area contributed by atoms with Gasteiger partial charge in [0.2, 0.25) is 5.91 Å². The van der Waals surface area contributed by atoms with Gasteiger partial charge in [-0.15, -0.1) is 11.8 Å². The molecule has 0 aliphatic heterocycles.